The number of anilines is 1. The van der Waals surface area contributed by atoms with E-state index in [4.69, 9.17) is 5.26 Å². The number of hydrogen-bond acceptors (Lipinski definition) is 6. The lowest BCUT2D eigenvalue weighted by Gasteiger charge is -2.27. The van der Waals surface area contributed by atoms with E-state index in [0.717, 1.165) is 32.7 Å². The molecule has 7 heteroatoms. The average molecular weight is 315 g/mol. The first kappa shape index (κ1) is 16.8. The van der Waals surface area contributed by atoms with E-state index in [2.05, 4.69) is 20.9 Å². The van der Waals surface area contributed by atoms with E-state index in [1.807, 2.05) is 6.07 Å². The second kappa shape index (κ2) is 8.78. The Morgan fingerprint density at radius 1 is 1.35 bits per heavy atom. The number of hydrogen-bond donors (Lipinski definition) is 4. The second-order valence-corrected chi connectivity index (χ2v) is 5.21. The summed E-state index contributed by atoms with van der Waals surface area (Å²) in [7, 11) is 0. The highest BCUT2D eigenvalue weighted by molar-refractivity contribution is 5.97. The van der Waals surface area contributed by atoms with Crippen molar-refractivity contribution in [3.63, 3.8) is 0 Å². The number of carbonyl (C=O) groups is 1. The van der Waals surface area contributed by atoms with Gasteiger partial charge in [-0.25, -0.2) is 0 Å². The number of nitrogens with zero attached hydrogens (tertiary/aromatic N) is 2. The SMILES string of the molecule is N#C/C(=C/Nc1ccc(O)cc1)C(=O)NCCN1CCNCC1. The molecule has 0 unspecified atom stereocenters. The molecule has 0 radical (unpaired) electrons. The quantitative estimate of drug-likeness (QED) is 0.341. The number of phenols is 1. The van der Waals surface area contributed by atoms with Gasteiger partial charge in [-0.2, -0.15) is 5.26 Å². The van der Waals surface area contributed by atoms with Gasteiger partial charge in [0.2, 0.25) is 0 Å². The number of piperazine rings is 1. The van der Waals surface area contributed by atoms with Gasteiger partial charge in [-0.1, -0.05) is 0 Å². The molecule has 0 bridgehead atoms. The van der Waals surface area contributed by atoms with Crippen molar-refractivity contribution in [3.05, 3.63) is 36.0 Å². The molecule has 7 nitrogen and oxygen atoms in total. The number of nitriles is 1. The van der Waals surface area contributed by atoms with Crippen LogP contribution in [0, 0.1) is 11.3 Å². The highest BCUT2D eigenvalue weighted by atomic mass is 16.3. The van der Waals surface area contributed by atoms with Crippen molar-refractivity contribution in [3.8, 4) is 11.8 Å². The molecule has 0 atom stereocenters. The first-order chi connectivity index (χ1) is 11.2. The zero-order valence-corrected chi connectivity index (χ0v) is 12.9. The number of amides is 1. The molecule has 1 fully saturated rings. The summed E-state index contributed by atoms with van der Waals surface area (Å²) in [6.45, 7) is 5.16. The molecule has 1 heterocycles. The maximum absolute atomic E-state index is 12.0. The fraction of sp³-hybridized carbons (Fsp3) is 0.375. The Hall–Kier alpha value is -2.56. The molecular formula is C16H21N5O2. The average Bonchev–Trinajstić information content (AvgIpc) is 2.58. The van der Waals surface area contributed by atoms with Crippen molar-refractivity contribution in [1.29, 1.82) is 5.26 Å². The molecule has 1 saturated heterocycles. The number of carbonyl (C=O) groups excluding carboxylic acids is 1. The highest BCUT2D eigenvalue weighted by Gasteiger charge is 2.11. The predicted molar refractivity (Wildman–Crippen MR) is 87.7 cm³/mol. The molecule has 1 aromatic carbocycles. The van der Waals surface area contributed by atoms with Crippen LogP contribution in [0.25, 0.3) is 0 Å². The Labute approximate surface area is 135 Å². The maximum Gasteiger partial charge on any atom is 0.263 e. The van der Waals surface area contributed by atoms with Crippen LogP contribution in [0.3, 0.4) is 0 Å². The maximum atomic E-state index is 12.0. The second-order valence-electron chi connectivity index (χ2n) is 5.21. The minimum atomic E-state index is -0.395. The van der Waals surface area contributed by atoms with E-state index in [-0.39, 0.29) is 11.3 Å². The Bertz CT molecular complexity index is 585. The van der Waals surface area contributed by atoms with Crippen LogP contribution < -0.4 is 16.0 Å². The van der Waals surface area contributed by atoms with Crippen LogP contribution in [0.1, 0.15) is 0 Å². The van der Waals surface area contributed by atoms with Gasteiger partial charge in [0.1, 0.15) is 17.4 Å². The van der Waals surface area contributed by atoms with Crippen molar-refractivity contribution in [2.24, 2.45) is 0 Å². The molecule has 1 aliphatic rings. The zero-order valence-electron chi connectivity index (χ0n) is 12.9. The number of phenolic OH excluding ortho intramolecular Hbond substituents is 1. The van der Waals surface area contributed by atoms with Crippen LogP contribution in [0.4, 0.5) is 5.69 Å². The van der Waals surface area contributed by atoms with E-state index in [1.165, 1.54) is 18.3 Å². The van der Waals surface area contributed by atoms with Gasteiger partial charge in [0.15, 0.2) is 0 Å². The van der Waals surface area contributed by atoms with E-state index in [1.54, 1.807) is 12.1 Å². The van der Waals surface area contributed by atoms with Gasteiger partial charge in [0, 0.05) is 51.2 Å². The van der Waals surface area contributed by atoms with Crippen LogP contribution in [-0.4, -0.2) is 55.2 Å². The summed E-state index contributed by atoms with van der Waals surface area (Å²) in [6.07, 6.45) is 1.37. The van der Waals surface area contributed by atoms with Crippen molar-refractivity contribution in [1.82, 2.24) is 15.5 Å². The normalized spacial score (nSPS) is 15.7. The van der Waals surface area contributed by atoms with Gasteiger partial charge in [-0.15, -0.1) is 0 Å². The molecule has 122 valence electrons. The first-order valence-electron chi connectivity index (χ1n) is 7.56. The third kappa shape index (κ3) is 5.62. The van der Waals surface area contributed by atoms with Crippen molar-refractivity contribution in [2.75, 3.05) is 44.6 Å². The summed E-state index contributed by atoms with van der Waals surface area (Å²) < 4.78 is 0. The van der Waals surface area contributed by atoms with Crippen LogP contribution in [0.15, 0.2) is 36.0 Å². The Morgan fingerprint density at radius 2 is 2.04 bits per heavy atom. The molecule has 0 aliphatic carbocycles. The summed E-state index contributed by atoms with van der Waals surface area (Å²) >= 11 is 0. The largest absolute Gasteiger partial charge is 0.508 e. The minimum absolute atomic E-state index is 0.0124. The lowest BCUT2D eigenvalue weighted by Crippen LogP contribution is -2.46. The van der Waals surface area contributed by atoms with E-state index in [0.29, 0.717) is 12.2 Å². The number of rotatable bonds is 6. The topological polar surface area (TPSA) is 100 Å². The monoisotopic (exact) mass is 315 g/mol. The fourth-order valence-corrected chi connectivity index (χ4v) is 2.22. The molecule has 2 rings (SSSR count). The Kier molecular flexibility index (Phi) is 6.41. The third-order valence-electron chi connectivity index (χ3n) is 3.54. The van der Waals surface area contributed by atoms with Gasteiger partial charge in [-0.05, 0) is 24.3 Å². The Morgan fingerprint density at radius 3 is 2.70 bits per heavy atom. The molecule has 0 aromatic heterocycles. The van der Waals surface area contributed by atoms with Crippen molar-refractivity contribution in [2.45, 2.75) is 0 Å². The van der Waals surface area contributed by atoms with E-state index >= 15 is 0 Å². The lowest BCUT2D eigenvalue weighted by molar-refractivity contribution is -0.117. The fourth-order valence-electron chi connectivity index (χ4n) is 2.22. The van der Waals surface area contributed by atoms with Crippen molar-refractivity contribution >= 4 is 11.6 Å². The number of benzene rings is 1. The highest BCUT2D eigenvalue weighted by Crippen LogP contribution is 2.13. The van der Waals surface area contributed by atoms with Gasteiger partial charge in [0.25, 0.3) is 5.91 Å². The standard InChI is InChI=1S/C16H21N5O2/c17-11-13(12-20-14-1-3-15(22)4-2-14)16(23)19-7-10-21-8-5-18-6-9-21/h1-4,12,18,20,22H,5-10H2,(H,19,23)/b13-12-. The van der Waals surface area contributed by atoms with Crippen LogP contribution in [0.5, 0.6) is 5.75 Å². The first-order valence-corrected chi connectivity index (χ1v) is 7.56. The third-order valence-corrected chi connectivity index (χ3v) is 3.54. The number of nitrogens with one attached hydrogen (secondary N) is 3. The molecule has 0 saturated carbocycles. The molecule has 0 spiro atoms. The van der Waals surface area contributed by atoms with Crippen LogP contribution in [-0.2, 0) is 4.79 Å². The molecule has 1 amide bonds. The molecular weight excluding hydrogens is 294 g/mol. The van der Waals surface area contributed by atoms with E-state index in [9.17, 15) is 9.90 Å². The summed E-state index contributed by atoms with van der Waals surface area (Å²) in [5.74, 6) is -0.236. The van der Waals surface area contributed by atoms with Gasteiger partial charge in [0.05, 0.1) is 0 Å². The van der Waals surface area contributed by atoms with E-state index < -0.39 is 5.91 Å². The van der Waals surface area contributed by atoms with Gasteiger partial charge < -0.3 is 21.1 Å². The minimum Gasteiger partial charge on any atom is -0.508 e. The molecule has 4 N–H and O–H groups in total. The molecule has 23 heavy (non-hydrogen) atoms. The van der Waals surface area contributed by atoms with Gasteiger partial charge in [-0.3, -0.25) is 9.69 Å². The zero-order chi connectivity index (χ0) is 16.5. The summed E-state index contributed by atoms with van der Waals surface area (Å²) in [5.41, 5.74) is 0.697. The Balaban J connectivity index is 1.79. The summed E-state index contributed by atoms with van der Waals surface area (Å²) in [4.78, 5) is 14.2. The lowest BCUT2D eigenvalue weighted by atomic mass is 10.2. The van der Waals surface area contributed by atoms with Crippen molar-refractivity contribution < 1.29 is 9.90 Å². The predicted octanol–water partition coefficient (Wildman–Crippen LogP) is 0.233. The number of aromatic hydroxyl groups is 1. The van der Waals surface area contributed by atoms with Crippen LogP contribution in [0.2, 0.25) is 0 Å². The van der Waals surface area contributed by atoms with Crippen LogP contribution >= 0.6 is 0 Å². The molecule has 1 aliphatic heterocycles. The summed E-state index contributed by atoms with van der Waals surface area (Å²) in [6, 6.07) is 8.24. The summed E-state index contributed by atoms with van der Waals surface area (Å²) in [5, 5.41) is 27.2. The van der Waals surface area contributed by atoms with Gasteiger partial charge >= 0.3 is 0 Å². The molecule has 1 aromatic rings. The smallest absolute Gasteiger partial charge is 0.263 e.